The number of likely N-dealkylation sites (N-methyl/N-ethyl adjacent to an activating group) is 2. The van der Waals surface area contributed by atoms with E-state index in [0.717, 1.165) is 36.1 Å². The Morgan fingerprint density at radius 3 is 2.02 bits per heavy atom. The molecule has 0 bridgehead atoms. The molecule has 13 heteroatoms. The van der Waals surface area contributed by atoms with Gasteiger partial charge in [0.1, 0.15) is 17.6 Å². The molecule has 1 N–H and O–H groups in total. The van der Waals surface area contributed by atoms with Gasteiger partial charge < -0.3 is 34.1 Å². The van der Waals surface area contributed by atoms with Crippen LogP contribution in [-0.4, -0.2) is 136 Å². The molecule has 2 aromatic carbocycles. The van der Waals surface area contributed by atoms with Gasteiger partial charge in [-0.3, -0.25) is 28.9 Å². The fourth-order valence-electron chi connectivity index (χ4n) is 9.29. The number of carbonyl (C=O) groups excluding carboxylic acids is 5. The number of Topliss-reactive ketones (excluding diaryl/α,β-unsaturated/α-hetero) is 1. The van der Waals surface area contributed by atoms with E-state index in [1.54, 1.807) is 45.1 Å². The van der Waals surface area contributed by atoms with Crippen LogP contribution < -0.4 is 10.1 Å². The molecule has 13 nitrogen and oxygen atoms in total. The predicted octanol–water partition coefficient (Wildman–Crippen LogP) is 6.25. The second-order valence-corrected chi connectivity index (χ2v) is 18.2. The maximum absolute atomic E-state index is 14.6. The molecule has 0 radical (unpaired) electrons. The Bertz CT molecular complexity index is 1740. The quantitative estimate of drug-likeness (QED) is 0.108. The Morgan fingerprint density at radius 1 is 0.825 bits per heavy atom. The molecule has 1 aliphatic rings. The number of likely N-dealkylation sites (tertiary alicyclic amines) is 1. The minimum absolute atomic E-state index is 0.00694. The van der Waals surface area contributed by atoms with Gasteiger partial charge in [0.2, 0.25) is 17.7 Å². The van der Waals surface area contributed by atoms with Gasteiger partial charge in [-0.2, -0.15) is 0 Å². The van der Waals surface area contributed by atoms with E-state index in [9.17, 15) is 24.0 Å². The Kier molecular flexibility index (Phi) is 21.7. The zero-order chi connectivity index (χ0) is 47.0. The minimum Gasteiger partial charge on any atom is -0.497 e. The molecule has 9 atom stereocenters. The normalized spacial score (nSPS) is 18.0. The molecule has 0 spiro atoms. The summed E-state index contributed by atoms with van der Waals surface area (Å²) in [5.74, 6) is -1.93. The number of benzene rings is 2. The van der Waals surface area contributed by atoms with Crippen LogP contribution in [0.5, 0.6) is 5.75 Å². The maximum Gasteiger partial charge on any atom is 0.309 e. The van der Waals surface area contributed by atoms with Crippen LogP contribution in [0.3, 0.4) is 0 Å². The lowest BCUT2D eigenvalue weighted by molar-refractivity contribution is -0.149. The summed E-state index contributed by atoms with van der Waals surface area (Å²) in [6.45, 7) is 14.9. The highest BCUT2D eigenvalue weighted by Crippen LogP contribution is 2.31. The number of hydrogen-bond donors (Lipinski definition) is 1. The highest BCUT2D eigenvalue weighted by atomic mass is 16.5. The number of nitrogens with one attached hydrogen (secondary N) is 1. The van der Waals surface area contributed by atoms with Crippen LogP contribution in [0.1, 0.15) is 91.7 Å². The molecule has 1 fully saturated rings. The van der Waals surface area contributed by atoms with Crippen LogP contribution in [0.4, 0.5) is 0 Å². The Hall–Kier alpha value is -4.33. The van der Waals surface area contributed by atoms with Crippen LogP contribution >= 0.6 is 0 Å². The molecular weight excluding hydrogens is 801 g/mol. The summed E-state index contributed by atoms with van der Waals surface area (Å²) in [6, 6.07) is 15.3. The number of ketones is 1. The molecule has 352 valence electrons. The lowest BCUT2D eigenvalue weighted by Crippen LogP contribution is -2.60. The number of hydrogen-bond acceptors (Lipinski definition) is 10. The number of ether oxygens (including phenoxy) is 4. The molecule has 0 aromatic heterocycles. The number of methoxy groups -OCH3 is 4. The van der Waals surface area contributed by atoms with Gasteiger partial charge in [0.15, 0.2) is 0 Å². The highest BCUT2D eigenvalue weighted by molar-refractivity contribution is 5.90. The summed E-state index contributed by atoms with van der Waals surface area (Å²) < 4.78 is 22.5. The van der Waals surface area contributed by atoms with E-state index < -0.39 is 48.1 Å². The van der Waals surface area contributed by atoms with Crippen LogP contribution in [0.25, 0.3) is 0 Å². The lowest BCUT2D eigenvalue weighted by atomic mass is 9.85. The Balaban J connectivity index is 1.77. The minimum atomic E-state index is -0.811. The number of carbonyl (C=O) groups is 5. The first-order valence-corrected chi connectivity index (χ1v) is 22.8. The van der Waals surface area contributed by atoms with Crippen molar-refractivity contribution in [3.63, 3.8) is 0 Å². The summed E-state index contributed by atoms with van der Waals surface area (Å²) in [5, 5.41) is 3.13. The molecule has 3 amide bonds. The average molecular weight is 879 g/mol. The average Bonchev–Trinajstić information content (AvgIpc) is 3.76. The topological polar surface area (TPSA) is 144 Å². The van der Waals surface area contributed by atoms with Crippen molar-refractivity contribution in [3.8, 4) is 5.75 Å². The van der Waals surface area contributed by atoms with Crippen LogP contribution in [0.15, 0.2) is 54.6 Å². The molecule has 1 heterocycles. The Morgan fingerprint density at radius 2 is 1.48 bits per heavy atom. The van der Waals surface area contributed by atoms with Gasteiger partial charge >= 0.3 is 5.97 Å². The first-order valence-electron chi connectivity index (χ1n) is 22.8. The number of rotatable bonds is 26. The van der Waals surface area contributed by atoms with E-state index in [1.165, 1.54) is 7.11 Å². The predicted molar refractivity (Wildman–Crippen MR) is 246 cm³/mol. The molecular formula is C50H78N4O9. The van der Waals surface area contributed by atoms with Gasteiger partial charge in [0.05, 0.1) is 56.9 Å². The first kappa shape index (κ1) is 53.0. The fraction of sp³-hybridized carbons (Fsp3) is 0.660. The molecule has 1 unspecified atom stereocenters. The van der Waals surface area contributed by atoms with Crippen LogP contribution in [0, 0.1) is 29.6 Å². The maximum atomic E-state index is 14.6. The van der Waals surface area contributed by atoms with Crippen molar-refractivity contribution in [3.05, 3.63) is 65.7 Å². The van der Waals surface area contributed by atoms with Crippen molar-refractivity contribution in [2.45, 2.75) is 130 Å². The van der Waals surface area contributed by atoms with Gasteiger partial charge in [0.25, 0.3) is 0 Å². The summed E-state index contributed by atoms with van der Waals surface area (Å²) in [6.07, 6.45) is 1.98. The van der Waals surface area contributed by atoms with E-state index in [-0.39, 0.29) is 60.1 Å². The lowest BCUT2D eigenvalue weighted by Gasteiger charge is -2.41. The van der Waals surface area contributed by atoms with E-state index >= 15 is 0 Å². The van der Waals surface area contributed by atoms with Gasteiger partial charge in [-0.25, -0.2) is 0 Å². The second-order valence-electron chi connectivity index (χ2n) is 18.2. The fourth-order valence-corrected chi connectivity index (χ4v) is 9.29. The second kappa shape index (κ2) is 25.8. The van der Waals surface area contributed by atoms with E-state index in [4.69, 9.17) is 18.9 Å². The molecule has 0 aliphatic carbocycles. The zero-order valence-electron chi connectivity index (χ0n) is 40.4. The molecule has 1 saturated heterocycles. The number of nitrogens with zero attached hydrogens (tertiary/aromatic N) is 3. The van der Waals surface area contributed by atoms with Crippen molar-refractivity contribution < 1.29 is 42.9 Å². The molecule has 0 saturated carbocycles. The van der Waals surface area contributed by atoms with Crippen molar-refractivity contribution in [1.29, 1.82) is 0 Å². The number of esters is 1. The Labute approximate surface area is 377 Å². The summed E-state index contributed by atoms with van der Waals surface area (Å²) in [5.41, 5.74) is 2.07. The van der Waals surface area contributed by atoms with Crippen LogP contribution in [-0.2, 0) is 51.0 Å². The van der Waals surface area contributed by atoms with Crippen molar-refractivity contribution >= 4 is 29.5 Å². The first-order chi connectivity index (χ1) is 29.9. The highest BCUT2D eigenvalue weighted by Gasteiger charge is 2.43. The monoisotopic (exact) mass is 879 g/mol. The van der Waals surface area contributed by atoms with Crippen molar-refractivity contribution in [1.82, 2.24) is 20.0 Å². The van der Waals surface area contributed by atoms with E-state index in [1.807, 2.05) is 108 Å². The van der Waals surface area contributed by atoms with Gasteiger partial charge in [-0.1, -0.05) is 97.4 Å². The zero-order valence-corrected chi connectivity index (χ0v) is 40.4. The number of amides is 3. The third kappa shape index (κ3) is 14.6. The van der Waals surface area contributed by atoms with Crippen molar-refractivity contribution in [2.24, 2.45) is 29.6 Å². The van der Waals surface area contributed by atoms with Gasteiger partial charge in [-0.05, 0) is 73.7 Å². The smallest absolute Gasteiger partial charge is 0.309 e. The third-order valence-corrected chi connectivity index (χ3v) is 13.2. The summed E-state index contributed by atoms with van der Waals surface area (Å²) >= 11 is 0. The molecule has 1 aliphatic heterocycles. The molecule has 2 aromatic rings. The third-order valence-electron chi connectivity index (χ3n) is 13.2. The van der Waals surface area contributed by atoms with E-state index in [2.05, 4.69) is 5.32 Å². The SMILES string of the molecule is CC[C@H](C)[C@@H]([C@@H](CC(=O)N1CCC[C@H]1[C@H](OC)[C@@H](C)C(=O)C[C@@H](Cc1ccccc1)C(=O)OC)OC)N(C)C(=O)[C@@H](NC(=O)C(C(C)C)N(C)CCc1ccc(OC)cc1)C(C)C. The molecule has 63 heavy (non-hydrogen) atoms. The standard InChI is InChI=1S/C50H78N4O9/c1-14-34(6)46(53(9)49(58)44(32(2)3)51-48(57)45(33(4)5)52(8)28-26-36-22-24-39(60-10)25-23-36)42(61-11)31-43(56)54-27-18-21-40(54)47(62-12)35(7)41(55)30-38(50(59)63-13)29-37-19-16-15-17-20-37/h15-17,19-20,22-25,32-35,38,40,42,44-47H,14,18,21,26-31H2,1-13H3,(H,51,57)/t34-,35-,38+,40-,42+,44-,45?,46-,47+/m0/s1. The van der Waals surface area contributed by atoms with Crippen molar-refractivity contribution in [2.75, 3.05) is 55.6 Å². The van der Waals surface area contributed by atoms with Gasteiger partial charge in [-0.15, -0.1) is 0 Å². The van der Waals surface area contributed by atoms with Gasteiger partial charge in [0, 0.05) is 46.7 Å². The van der Waals surface area contributed by atoms with Crippen LogP contribution in [0.2, 0.25) is 0 Å². The summed E-state index contributed by atoms with van der Waals surface area (Å²) in [4.78, 5) is 75.3. The summed E-state index contributed by atoms with van der Waals surface area (Å²) in [7, 11) is 9.77. The van der Waals surface area contributed by atoms with E-state index in [0.29, 0.717) is 25.9 Å². The largest absolute Gasteiger partial charge is 0.497 e. The molecule has 3 rings (SSSR count).